The van der Waals surface area contributed by atoms with Gasteiger partial charge in [-0.25, -0.2) is 0 Å². The molecule has 8 heteroatoms. The minimum absolute atomic E-state index is 0.0755. The molecule has 0 aliphatic carbocycles. The van der Waals surface area contributed by atoms with Gasteiger partial charge in [0.05, 0.1) is 6.42 Å². The number of hydrazone groups is 1. The Labute approximate surface area is 135 Å². The van der Waals surface area contributed by atoms with Crippen molar-refractivity contribution < 1.29 is 23.1 Å². The first kappa shape index (κ1) is 16.1. The number of pyridine rings is 1. The maximum absolute atomic E-state index is 13.1. The van der Waals surface area contributed by atoms with Crippen LogP contribution in [-0.2, 0) is 5.72 Å². The third-order valence-corrected chi connectivity index (χ3v) is 3.67. The molecule has 0 saturated heterocycles. The van der Waals surface area contributed by atoms with Crippen molar-refractivity contribution in [2.24, 2.45) is 5.10 Å². The highest BCUT2D eigenvalue weighted by Gasteiger charge is 2.53. The lowest BCUT2D eigenvalue weighted by molar-refractivity contribution is -0.0816. The van der Waals surface area contributed by atoms with Crippen molar-refractivity contribution in [1.82, 2.24) is 9.99 Å². The van der Waals surface area contributed by atoms with Crippen LogP contribution in [0.1, 0.15) is 22.3 Å². The summed E-state index contributed by atoms with van der Waals surface area (Å²) in [6.07, 6.45) is -2.91. The maximum Gasteiger partial charge on any atom is 0.431 e. The van der Waals surface area contributed by atoms with Crippen LogP contribution in [0.3, 0.4) is 0 Å². The molecule has 124 valence electrons. The van der Waals surface area contributed by atoms with E-state index >= 15 is 0 Å². The van der Waals surface area contributed by atoms with Gasteiger partial charge in [-0.05, 0) is 12.1 Å². The molecular weight excluding hydrogens is 323 g/mol. The van der Waals surface area contributed by atoms with E-state index in [9.17, 15) is 23.1 Å². The second-order valence-electron chi connectivity index (χ2n) is 5.26. The maximum atomic E-state index is 13.1. The summed E-state index contributed by atoms with van der Waals surface area (Å²) in [6, 6.07) is 10.4. The highest BCUT2D eigenvalue weighted by molar-refractivity contribution is 5.99. The van der Waals surface area contributed by atoms with Gasteiger partial charge in [0.25, 0.3) is 5.91 Å². The first-order valence-corrected chi connectivity index (χ1v) is 6.99. The normalized spacial score (nSPS) is 20.8. The van der Waals surface area contributed by atoms with Crippen LogP contribution in [0.15, 0.2) is 60.0 Å². The van der Waals surface area contributed by atoms with Crippen LogP contribution in [0.5, 0.6) is 0 Å². The quantitative estimate of drug-likeness (QED) is 0.918. The fraction of sp³-hybridized carbons (Fsp3) is 0.188. The molecule has 2 heterocycles. The molecule has 0 saturated carbocycles. The van der Waals surface area contributed by atoms with Crippen LogP contribution in [0, 0.1) is 0 Å². The Bertz CT molecular complexity index is 778. The molecule has 0 spiro atoms. The highest BCUT2D eigenvalue weighted by atomic mass is 19.4. The first-order chi connectivity index (χ1) is 11.3. The largest absolute Gasteiger partial charge is 0.431 e. The Morgan fingerprint density at radius 3 is 2.33 bits per heavy atom. The molecule has 0 bridgehead atoms. The van der Waals surface area contributed by atoms with Crippen molar-refractivity contribution in [3.05, 3.63) is 66.0 Å². The average Bonchev–Trinajstić information content (AvgIpc) is 2.95. The van der Waals surface area contributed by atoms with Gasteiger partial charge in [-0.15, -0.1) is 0 Å². The lowest BCUT2D eigenvalue weighted by atomic mass is 9.96. The fourth-order valence-electron chi connectivity index (χ4n) is 2.46. The Morgan fingerprint density at radius 1 is 1.12 bits per heavy atom. The first-order valence-electron chi connectivity index (χ1n) is 6.99. The number of rotatable bonds is 2. The molecule has 0 radical (unpaired) electrons. The van der Waals surface area contributed by atoms with Crippen molar-refractivity contribution in [2.45, 2.75) is 18.3 Å². The summed E-state index contributed by atoms with van der Waals surface area (Å²) < 4.78 is 39.2. The van der Waals surface area contributed by atoms with Gasteiger partial charge in [0.1, 0.15) is 5.71 Å². The van der Waals surface area contributed by atoms with Crippen LogP contribution in [0.25, 0.3) is 0 Å². The standard InChI is InChI=1S/C16H12F3N3O2/c17-16(18,19)13-10-15(24,12-4-2-1-3-5-12)22(21-13)14(23)11-6-8-20-9-7-11/h1-9,24H,10H2/t15-/m1/s1. The molecule has 1 aliphatic rings. The Hall–Kier alpha value is -2.74. The second kappa shape index (κ2) is 5.72. The SMILES string of the molecule is O=C(c1ccncc1)N1N=C(C(F)(F)F)C[C@@]1(O)c1ccccc1. The second-order valence-corrected chi connectivity index (χ2v) is 5.26. The van der Waals surface area contributed by atoms with E-state index in [1.54, 1.807) is 18.2 Å². The molecule has 0 fully saturated rings. The van der Waals surface area contributed by atoms with E-state index in [1.807, 2.05) is 0 Å². The number of alkyl halides is 3. The highest BCUT2D eigenvalue weighted by Crippen LogP contribution is 2.40. The molecule has 1 aromatic carbocycles. The number of carbonyl (C=O) groups excluding carboxylic acids is 1. The van der Waals surface area contributed by atoms with E-state index in [0.717, 1.165) is 0 Å². The van der Waals surface area contributed by atoms with E-state index in [-0.39, 0.29) is 11.1 Å². The number of amides is 1. The van der Waals surface area contributed by atoms with Gasteiger partial charge in [-0.2, -0.15) is 23.3 Å². The monoisotopic (exact) mass is 335 g/mol. The van der Waals surface area contributed by atoms with Gasteiger partial charge in [-0.3, -0.25) is 9.78 Å². The molecule has 2 aromatic rings. The predicted molar refractivity (Wildman–Crippen MR) is 78.9 cm³/mol. The van der Waals surface area contributed by atoms with Crippen LogP contribution in [0.4, 0.5) is 13.2 Å². The summed E-state index contributed by atoms with van der Waals surface area (Å²) in [5, 5.41) is 14.7. The van der Waals surface area contributed by atoms with Crippen LogP contribution in [0.2, 0.25) is 0 Å². The third-order valence-electron chi connectivity index (χ3n) is 3.67. The third kappa shape index (κ3) is 2.76. The number of hydrogen-bond donors (Lipinski definition) is 1. The zero-order valence-corrected chi connectivity index (χ0v) is 12.2. The predicted octanol–water partition coefficient (Wildman–Crippen LogP) is 2.69. The fourth-order valence-corrected chi connectivity index (χ4v) is 2.46. The van der Waals surface area contributed by atoms with E-state index in [0.29, 0.717) is 5.01 Å². The smallest absolute Gasteiger partial charge is 0.365 e. The zero-order valence-electron chi connectivity index (χ0n) is 12.2. The number of aliphatic hydroxyl groups is 1. The van der Waals surface area contributed by atoms with Gasteiger partial charge in [0.2, 0.25) is 0 Å². The summed E-state index contributed by atoms with van der Waals surface area (Å²) in [5.74, 6) is -0.844. The van der Waals surface area contributed by atoms with Gasteiger partial charge >= 0.3 is 6.18 Å². The van der Waals surface area contributed by atoms with Crippen LogP contribution in [-0.4, -0.2) is 32.9 Å². The number of benzene rings is 1. The van der Waals surface area contributed by atoms with Gasteiger partial charge in [-0.1, -0.05) is 30.3 Å². The van der Waals surface area contributed by atoms with E-state index in [4.69, 9.17) is 0 Å². The summed E-state index contributed by atoms with van der Waals surface area (Å²) in [7, 11) is 0. The lowest BCUT2D eigenvalue weighted by Gasteiger charge is -2.31. The van der Waals surface area contributed by atoms with Gasteiger partial charge in [0.15, 0.2) is 5.72 Å². The lowest BCUT2D eigenvalue weighted by Crippen LogP contribution is -2.43. The zero-order chi connectivity index (χ0) is 17.4. The van der Waals surface area contributed by atoms with Crippen LogP contribution < -0.4 is 0 Å². The number of nitrogens with zero attached hydrogens (tertiary/aromatic N) is 3. The van der Waals surface area contributed by atoms with E-state index in [2.05, 4.69) is 10.1 Å². The van der Waals surface area contributed by atoms with Crippen molar-refractivity contribution in [1.29, 1.82) is 0 Å². The van der Waals surface area contributed by atoms with Crippen molar-refractivity contribution >= 4 is 11.6 Å². The number of carbonyl (C=O) groups is 1. The summed E-state index contributed by atoms with van der Waals surface area (Å²) in [6.45, 7) is 0. The molecule has 1 N–H and O–H groups in total. The van der Waals surface area contributed by atoms with E-state index < -0.39 is 29.9 Å². The number of halogens is 3. The molecule has 24 heavy (non-hydrogen) atoms. The van der Waals surface area contributed by atoms with Gasteiger partial charge < -0.3 is 5.11 Å². The van der Waals surface area contributed by atoms with Crippen molar-refractivity contribution in [3.63, 3.8) is 0 Å². The molecule has 1 aromatic heterocycles. The van der Waals surface area contributed by atoms with Crippen molar-refractivity contribution in [2.75, 3.05) is 0 Å². The molecule has 0 unspecified atom stereocenters. The van der Waals surface area contributed by atoms with E-state index in [1.165, 1.54) is 36.7 Å². The molecule has 1 aliphatic heterocycles. The summed E-state index contributed by atoms with van der Waals surface area (Å²) >= 11 is 0. The van der Waals surface area contributed by atoms with Crippen molar-refractivity contribution in [3.8, 4) is 0 Å². The molecule has 5 nitrogen and oxygen atoms in total. The molecule has 1 atom stereocenters. The minimum atomic E-state index is -4.74. The minimum Gasteiger partial charge on any atom is -0.365 e. The average molecular weight is 335 g/mol. The summed E-state index contributed by atoms with van der Waals surface area (Å²) in [4.78, 5) is 16.3. The molecule has 1 amide bonds. The Morgan fingerprint density at radius 2 is 1.75 bits per heavy atom. The van der Waals surface area contributed by atoms with Gasteiger partial charge in [0, 0.05) is 23.5 Å². The molecule has 3 rings (SSSR count). The summed E-state index contributed by atoms with van der Waals surface area (Å²) in [5.41, 5.74) is -3.19. The number of aromatic nitrogens is 1. The van der Waals surface area contributed by atoms with Crippen LogP contribution >= 0.6 is 0 Å². The Kier molecular flexibility index (Phi) is 3.84. The molecular formula is C16H12F3N3O2. The topological polar surface area (TPSA) is 65.8 Å². The Balaban J connectivity index is 2.07. The number of hydrogen-bond acceptors (Lipinski definition) is 4.